The summed E-state index contributed by atoms with van der Waals surface area (Å²) in [5.74, 6) is -4.84. The molecule has 0 saturated heterocycles. The predicted octanol–water partition coefficient (Wildman–Crippen LogP) is 3.17. The Morgan fingerprint density at radius 2 is 1.74 bits per heavy atom. The lowest BCUT2D eigenvalue weighted by Gasteiger charge is -2.28. The third-order valence-electron chi connectivity index (χ3n) is 3.11. The van der Waals surface area contributed by atoms with Crippen LogP contribution in [0.5, 0.6) is 0 Å². The number of fused-ring (bicyclic) bond motifs is 1. The van der Waals surface area contributed by atoms with Crippen LogP contribution in [0.4, 0.5) is 22.0 Å². The van der Waals surface area contributed by atoms with E-state index in [2.05, 4.69) is 0 Å². The molecule has 2 nitrogen and oxygen atoms in total. The number of hydrogen-bond donors (Lipinski definition) is 1. The number of benzene rings is 1. The van der Waals surface area contributed by atoms with Crippen LogP contribution in [0.3, 0.4) is 0 Å². The zero-order chi connectivity index (χ0) is 14.3. The van der Waals surface area contributed by atoms with Gasteiger partial charge < -0.3 is 10.1 Å². The van der Waals surface area contributed by atoms with Gasteiger partial charge in [-0.15, -0.1) is 0 Å². The van der Waals surface area contributed by atoms with E-state index in [1.54, 1.807) is 0 Å². The summed E-state index contributed by atoms with van der Waals surface area (Å²) in [6, 6.07) is 2.02. The van der Waals surface area contributed by atoms with Gasteiger partial charge >= 0.3 is 12.1 Å². The van der Waals surface area contributed by atoms with Gasteiger partial charge in [-0.3, -0.25) is 0 Å². The van der Waals surface area contributed by atoms with Crippen LogP contribution in [0.25, 0.3) is 0 Å². The fraction of sp³-hybridized carbons (Fsp3) is 0.500. The number of ether oxygens (including phenoxy) is 1. The Balaban J connectivity index is 2.37. The maximum Gasteiger partial charge on any atom is 0.455 e. The Hall–Kier alpha value is -1.21. The van der Waals surface area contributed by atoms with Crippen LogP contribution in [0.1, 0.15) is 22.7 Å². The van der Waals surface area contributed by atoms with Crippen LogP contribution >= 0.6 is 0 Å². The average molecular weight is 281 g/mol. The van der Waals surface area contributed by atoms with Gasteiger partial charge in [-0.1, -0.05) is 18.2 Å². The Morgan fingerprint density at radius 1 is 1.11 bits per heavy atom. The molecule has 0 saturated carbocycles. The fourth-order valence-corrected chi connectivity index (χ4v) is 2.09. The van der Waals surface area contributed by atoms with E-state index in [9.17, 15) is 22.0 Å². The van der Waals surface area contributed by atoms with E-state index in [4.69, 9.17) is 4.74 Å². The minimum Gasteiger partial charge on any atom is -0.372 e. The lowest BCUT2D eigenvalue weighted by molar-refractivity contribution is -0.293. The molecule has 1 aromatic rings. The molecule has 0 aliphatic carbocycles. The lowest BCUT2D eigenvalue weighted by atomic mass is 9.96. The molecule has 1 unspecified atom stereocenters. The highest BCUT2D eigenvalue weighted by molar-refractivity contribution is 5.35. The number of halogens is 5. The van der Waals surface area contributed by atoms with Crippen LogP contribution in [-0.2, 0) is 18.0 Å². The van der Waals surface area contributed by atoms with Crippen LogP contribution in [0.2, 0.25) is 0 Å². The van der Waals surface area contributed by atoms with E-state index in [-0.39, 0.29) is 12.2 Å². The first-order valence-corrected chi connectivity index (χ1v) is 5.58. The highest BCUT2D eigenvalue weighted by Gasteiger charge is 2.62. The van der Waals surface area contributed by atoms with Crippen molar-refractivity contribution < 1.29 is 26.7 Å². The van der Waals surface area contributed by atoms with Crippen molar-refractivity contribution in [3.8, 4) is 0 Å². The molecule has 0 amide bonds. The molecule has 1 atom stereocenters. The van der Waals surface area contributed by atoms with Gasteiger partial charge in [0.2, 0.25) is 0 Å². The van der Waals surface area contributed by atoms with Crippen molar-refractivity contribution >= 4 is 0 Å². The molecule has 106 valence electrons. The summed E-state index contributed by atoms with van der Waals surface area (Å²) in [5, 5.41) is 2.05. The minimum absolute atomic E-state index is 0.103. The predicted molar refractivity (Wildman–Crippen MR) is 57.7 cm³/mol. The number of nitrogens with one attached hydrogen (secondary N) is 1. The zero-order valence-corrected chi connectivity index (χ0v) is 10.0. The van der Waals surface area contributed by atoms with Gasteiger partial charge in [0.05, 0.1) is 13.2 Å². The Kier molecular flexibility index (Phi) is 3.53. The van der Waals surface area contributed by atoms with Gasteiger partial charge in [-0.05, 0) is 23.7 Å². The van der Waals surface area contributed by atoms with Gasteiger partial charge in [0.25, 0.3) is 0 Å². The Bertz CT molecular complexity index is 472. The van der Waals surface area contributed by atoms with Crippen molar-refractivity contribution in [3.63, 3.8) is 0 Å². The highest BCUT2D eigenvalue weighted by Crippen LogP contribution is 2.44. The maximum absolute atomic E-state index is 13.4. The van der Waals surface area contributed by atoms with Crippen LogP contribution < -0.4 is 5.32 Å². The molecule has 0 bridgehead atoms. The van der Waals surface area contributed by atoms with E-state index in [0.29, 0.717) is 12.2 Å². The van der Waals surface area contributed by atoms with Crippen molar-refractivity contribution in [2.24, 2.45) is 0 Å². The zero-order valence-electron chi connectivity index (χ0n) is 10.0. The summed E-state index contributed by atoms with van der Waals surface area (Å²) in [6.07, 6.45) is -5.60. The molecule has 1 aliphatic heterocycles. The van der Waals surface area contributed by atoms with E-state index in [1.165, 1.54) is 18.2 Å². The molecule has 0 radical (unpaired) electrons. The summed E-state index contributed by atoms with van der Waals surface area (Å²) >= 11 is 0. The highest BCUT2D eigenvalue weighted by atomic mass is 19.4. The summed E-state index contributed by atoms with van der Waals surface area (Å²) < 4.78 is 69.2. The number of alkyl halides is 5. The van der Waals surface area contributed by atoms with Gasteiger partial charge in [-0.25, -0.2) is 0 Å². The first kappa shape index (κ1) is 14.2. The first-order valence-electron chi connectivity index (χ1n) is 5.58. The number of rotatable bonds is 3. The second kappa shape index (κ2) is 4.72. The van der Waals surface area contributed by atoms with Gasteiger partial charge in [0.1, 0.15) is 6.04 Å². The third-order valence-corrected chi connectivity index (χ3v) is 3.11. The third kappa shape index (κ3) is 2.44. The Labute approximate surface area is 106 Å². The lowest BCUT2D eigenvalue weighted by Crippen LogP contribution is -2.47. The molecule has 1 aliphatic rings. The summed E-state index contributed by atoms with van der Waals surface area (Å²) in [5.41, 5.74) is 1.36. The van der Waals surface area contributed by atoms with Crippen LogP contribution in [-0.4, -0.2) is 19.1 Å². The van der Waals surface area contributed by atoms with Gasteiger partial charge in [0.15, 0.2) is 0 Å². The van der Waals surface area contributed by atoms with Crippen molar-refractivity contribution in [1.29, 1.82) is 0 Å². The molecular weight excluding hydrogens is 269 g/mol. The van der Waals surface area contributed by atoms with Gasteiger partial charge in [0, 0.05) is 0 Å². The molecule has 1 aromatic carbocycles. The molecule has 1 N–H and O–H groups in total. The second-order valence-corrected chi connectivity index (χ2v) is 4.36. The van der Waals surface area contributed by atoms with Crippen molar-refractivity contribution in [1.82, 2.24) is 5.32 Å². The topological polar surface area (TPSA) is 21.3 Å². The molecule has 7 heteroatoms. The van der Waals surface area contributed by atoms with E-state index < -0.39 is 18.1 Å². The van der Waals surface area contributed by atoms with Crippen molar-refractivity contribution in [3.05, 3.63) is 34.9 Å². The van der Waals surface area contributed by atoms with E-state index in [0.717, 1.165) is 12.6 Å². The van der Waals surface area contributed by atoms with Crippen molar-refractivity contribution in [2.45, 2.75) is 31.4 Å². The summed E-state index contributed by atoms with van der Waals surface area (Å²) in [7, 11) is 1.08. The van der Waals surface area contributed by atoms with E-state index in [1.807, 2.05) is 5.32 Å². The maximum atomic E-state index is 13.4. The number of hydrogen-bond acceptors (Lipinski definition) is 2. The molecule has 0 aromatic heterocycles. The molecule has 19 heavy (non-hydrogen) atoms. The smallest absolute Gasteiger partial charge is 0.372 e. The van der Waals surface area contributed by atoms with Crippen LogP contribution in [0.15, 0.2) is 18.2 Å². The molecule has 0 fully saturated rings. The normalized spacial score (nSPS) is 17.4. The summed E-state index contributed by atoms with van der Waals surface area (Å²) in [4.78, 5) is 0. The standard InChI is InChI=1S/C12H12F5NO/c1-18-10(11(13,14)12(15,16)17)7-2-3-8-5-19-6-9(8)4-7/h2-4,10,18H,5-6H2,1H3. The molecular formula is C12H12F5NO. The first-order chi connectivity index (χ1) is 8.77. The summed E-state index contributed by atoms with van der Waals surface area (Å²) in [6.45, 7) is 0.590. The molecule has 0 spiro atoms. The SMILES string of the molecule is CNC(c1ccc2c(c1)COC2)C(F)(F)C(F)(F)F. The van der Waals surface area contributed by atoms with Crippen LogP contribution in [0, 0.1) is 0 Å². The molecule has 2 rings (SSSR count). The van der Waals surface area contributed by atoms with Crippen molar-refractivity contribution in [2.75, 3.05) is 7.05 Å². The molecule has 1 heterocycles. The van der Waals surface area contributed by atoms with Gasteiger partial charge in [-0.2, -0.15) is 22.0 Å². The Morgan fingerprint density at radius 3 is 2.32 bits per heavy atom. The largest absolute Gasteiger partial charge is 0.455 e. The monoisotopic (exact) mass is 281 g/mol. The minimum atomic E-state index is -5.60. The van der Waals surface area contributed by atoms with E-state index >= 15 is 0 Å². The quantitative estimate of drug-likeness (QED) is 0.859. The average Bonchev–Trinajstić information content (AvgIpc) is 2.75. The second-order valence-electron chi connectivity index (χ2n) is 4.36. The fourth-order valence-electron chi connectivity index (χ4n) is 2.09.